The third kappa shape index (κ3) is 2.89. The molecule has 13 heavy (non-hydrogen) atoms. The fraction of sp³-hybridized carbons (Fsp3) is 0.667. The van der Waals surface area contributed by atoms with Gasteiger partial charge in [0.1, 0.15) is 0 Å². The molecule has 0 aliphatic heterocycles. The summed E-state index contributed by atoms with van der Waals surface area (Å²) in [5.74, 6) is 0.553. The first-order valence-electron chi connectivity index (χ1n) is 4.38. The zero-order valence-corrected chi connectivity index (χ0v) is 11.2. The highest BCUT2D eigenvalue weighted by Gasteiger charge is 2.11. The molecule has 0 unspecified atom stereocenters. The summed E-state index contributed by atoms with van der Waals surface area (Å²) in [7, 11) is 1.98. The predicted octanol–water partition coefficient (Wildman–Crippen LogP) is 2.92. The molecule has 4 heteroatoms. The van der Waals surface area contributed by atoms with Crippen molar-refractivity contribution in [3.63, 3.8) is 0 Å². The second-order valence-corrected chi connectivity index (χ2v) is 5.12. The highest BCUT2D eigenvalue weighted by Crippen LogP contribution is 2.26. The molecule has 0 saturated carbocycles. The number of alkyl halides is 1. The average molecular weight is 310 g/mol. The van der Waals surface area contributed by atoms with Gasteiger partial charge < -0.3 is 5.32 Å². The van der Waals surface area contributed by atoms with E-state index in [2.05, 4.69) is 46.7 Å². The van der Waals surface area contributed by atoms with E-state index in [-0.39, 0.29) is 0 Å². The molecule has 0 radical (unpaired) electrons. The van der Waals surface area contributed by atoms with Crippen molar-refractivity contribution in [3.8, 4) is 0 Å². The molecule has 0 spiro atoms. The Morgan fingerprint density at radius 3 is 2.69 bits per heavy atom. The van der Waals surface area contributed by atoms with Gasteiger partial charge in [0.05, 0.1) is 10.7 Å². The van der Waals surface area contributed by atoms with Gasteiger partial charge in [0.2, 0.25) is 0 Å². The minimum Gasteiger partial charge on any atom is -0.315 e. The Labute approximate surface area is 97.3 Å². The Kier molecular flexibility index (Phi) is 4.61. The maximum atomic E-state index is 4.62. The molecule has 0 saturated heterocycles. The minimum absolute atomic E-state index is 0.553. The SMILES string of the molecule is CNCc1sc(C(C)C)nc1CI. The van der Waals surface area contributed by atoms with Gasteiger partial charge in [0, 0.05) is 21.8 Å². The Bertz CT molecular complexity index is 271. The molecule has 2 nitrogen and oxygen atoms in total. The van der Waals surface area contributed by atoms with Crippen molar-refractivity contribution < 1.29 is 0 Å². The Morgan fingerprint density at radius 2 is 2.23 bits per heavy atom. The van der Waals surface area contributed by atoms with Crippen LogP contribution in [0.1, 0.15) is 35.3 Å². The number of nitrogens with one attached hydrogen (secondary N) is 1. The van der Waals surface area contributed by atoms with Crippen molar-refractivity contribution in [2.24, 2.45) is 0 Å². The van der Waals surface area contributed by atoms with Crippen molar-refractivity contribution in [2.75, 3.05) is 7.05 Å². The van der Waals surface area contributed by atoms with Crippen LogP contribution in [0.25, 0.3) is 0 Å². The number of nitrogens with zero attached hydrogens (tertiary/aromatic N) is 1. The van der Waals surface area contributed by atoms with Gasteiger partial charge in [-0.05, 0) is 7.05 Å². The number of aromatic nitrogens is 1. The van der Waals surface area contributed by atoms with Crippen molar-refractivity contribution in [2.45, 2.75) is 30.7 Å². The lowest BCUT2D eigenvalue weighted by atomic mass is 10.2. The summed E-state index contributed by atoms with van der Waals surface area (Å²) in [6.45, 7) is 5.33. The van der Waals surface area contributed by atoms with Crippen LogP contribution < -0.4 is 5.32 Å². The molecule has 0 atom stereocenters. The van der Waals surface area contributed by atoms with Gasteiger partial charge >= 0.3 is 0 Å². The van der Waals surface area contributed by atoms with Crippen LogP contribution in [0, 0.1) is 0 Å². The monoisotopic (exact) mass is 310 g/mol. The number of rotatable bonds is 4. The smallest absolute Gasteiger partial charge is 0.0957 e. The van der Waals surface area contributed by atoms with Crippen molar-refractivity contribution in [1.29, 1.82) is 0 Å². The van der Waals surface area contributed by atoms with Crippen molar-refractivity contribution in [1.82, 2.24) is 10.3 Å². The molecule has 1 heterocycles. The second-order valence-electron chi connectivity index (χ2n) is 3.24. The fourth-order valence-electron chi connectivity index (χ4n) is 1.05. The Balaban J connectivity index is 2.90. The standard InChI is InChI=1S/C9H15IN2S/c1-6(2)9-12-7(4-10)8(13-9)5-11-3/h6,11H,4-5H2,1-3H3. The summed E-state index contributed by atoms with van der Waals surface area (Å²) in [5, 5.41) is 4.44. The van der Waals surface area contributed by atoms with Gasteiger partial charge in [-0.25, -0.2) is 4.98 Å². The minimum atomic E-state index is 0.553. The van der Waals surface area contributed by atoms with Crippen LogP contribution in [0.15, 0.2) is 0 Å². The molecule has 74 valence electrons. The summed E-state index contributed by atoms with van der Waals surface area (Å²) in [5.41, 5.74) is 1.25. The molecular weight excluding hydrogens is 295 g/mol. The van der Waals surface area contributed by atoms with Crippen LogP contribution >= 0.6 is 33.9 Å². The first-order valence-corrected chi connectivity index (χ1v) is 6.72. The van der Waals surface area contributed by atoms with E-state index in [1.165, 1.54) is 15.6 Å². The third-order valence-corrected chi connectivity index (χ3v) is 3.87. The normalized spacial score (nSPS) is 11.2. The van der Waals surface area contributed by atoms with Crippen LogP contribution in [0.2, 0.25) is 0 Å². The van der Waals surface area contributed by atoms with Crippen molar-refractivity contribution in [3.05, 3.63) is 15.6 Å². The van der Waals surface area contributed by atoms with Crippen LogP contribution in [0.5, 0.6) is 0 Å². The lowest BCUT2D eigenvalue weighted by molar-refractivity contribution is 0.817. The van der Waals surface area contributed by atoms with Crippen molar-refractivity contribution >= 4 is 33.9 Å². The quantitative estimate of drug-likeness (QED) is 0.683. The molecule has 0 bridgehead atoms. The molecule has 0 aliphatic rings. The highest BCUT2D eigenvalue weighted by molar-refractivity contribution is 14.1. The maximum absolute atomic E-state index is 4.62. The topological polar surface area (TPSA) is 24.9 Å². The molecule has 0 amide bonds. The van der Waals surface area contributed by atoms with Gasteiger partial charge in [-0.3, -0.25) is 0 Å². The summed E-state index contributed by atoms with van der Waals surface area (Å²) >= 11 is 4.21. The molecule has 0 aliphatic carbocycles. The number of thiazole rings is 1. The molecule has 0 aromatic carbocycles. The first-order chi connectivity index (χ1) is 6.19. The molecule has 1 aromatic rings. The highest BCUT2D eigenvalue weighted by atomic mass is 127. The zero-order valence-electron chi connectivity index (χ0n) is 8.22. The van der Waals surface area contributed by atoms with Crippen LogP contribution in [0.4, 0.5) is 0 Å². The molecule has 1 N–H and O–H groups in total. The van der Waals surface area contributed by atoms with E-state index < -0.39 is 0 Å². The van der Waals surface area contributed by atoms with E-state index >= 15 is 0 Å². The van der Waals surface area contributed by atoms with Gasteiger partial charge in [-0.2, -0.15) is 0 Å². The molecule has 0 fully saturated rings. The zero-order chi connectivity index (χ0) is 9.84. The first kappa shape index (κ1) is 11.4. The summed E-state index contributed by atoms with van der Waals surface area (Å²) < 4.78 is 1.01. The van der Waals surface area contributed by atoms with E-state index in [0.29, 0.717) is 5.92 Å². The fourth-order valence-corrected chi connectivity index (χ4v) is 3.04. The van der Waals surface area contributed by atoms with Crippen LogP contribution in [-0.4, -0.2) is 12.0 Å². The van der Waals surface area contributed by atoms with E-state index in [1.807, 2.05) is 18.4 Å². The summed E-state index contributed by atoms with van der Waals surface area (Å²) in [4.78, 5) is 6.01. The Morgan fingerprint density at radius 1 is 1.54 bits per heavy atom. The lowest BCUT2D eigenvalue weighted by Crippen LogP contribution is -2.04. The van der Waals surface area contributed by atoms with E-state index in [9.17, 15) is 0 Å². The van der Waals surface area contributed by atoms with Gasteiger partial charge in [-0.15, -0.1) is 11.3 Å². The molecule has 1 rings (SSSR count). The summed E-state index contributed by atoms with van der Waals surface area (Å²) in [6, 6.07) is 0. The van der Waals surface area contributed by atoms with Gasteiger partial charge in [0.15, 0.2) is 0 Å². The number of halogens is 1. The van der Waals surface area contributed by atoms with Gasteiger partial charge in [-0.1, -0.05) is 36.4 Å². The van der Waals surface area contributed by atoms with Gasteiger partial charge in [0.25, 0.3) is 0 Å². The number of hydrogen-bond acceptors (Lipinski definition) is 3. The van der Waals surface area contributed by atoms with E-state index in [1.54, 1.807) is 0 Å². The lowest BCUT2D eigenvalue weighted by Gasteiger charge is -1.95. The third-order valence-electron chi connectivity index (χ3n) is 1.75. The largest absolute Gasteiger partial charge is 0.315 e. The Hall–Kier alpha value is 0.320. The molecular formula is C9H15IN2S. The molecule has 1 aromatic heterocycles. The van der Waals surface area contributed by atoms with E-state index in [4.69, 9.17) is 0 Å². The van der Waals surface area contributed by atoms with Crippen LogP contribution in [0.3, 0.4) is 0 Å². The predicted molar refractivity (Wildman–Crippen MR) is 66.7 cm³/mol. The number of hydrogen-bond donors (Lipinski definition) is 1. The summed E-state index contributed by atoms with van der Waals surface area (Å²) in [6.07, 6.45) is 0. The average Bonchev–Trinajstić information content (AvgIpc) is 2.48. The second kappa shape index (κ2) is 5.26. The maximum Gasteiger partial charge on any atom is 0.0957 e. The van der Waals surface area contributed by atoms with Crippen LogP contribution in [-0.2, 0) is 11.0 Å². The van der Waals surface area contributed by atoms with E-state index in [0.717, 1.165) is 11.0 Å².